The van der Waals surface area contributed by atoms with Crippen LogP contribution >= 0.6 is 23.4 Å². The van der Waals surface area contributed by atoms with Crippen molar-refractivity contribution in [2.24, 2.45) is 10.1 Å². The first kappa shape index (κ1) is 24.1. The molecule has 0 unspecified atom stereocenters. The van der Waals surface area contributed by atoms with Crippen molar-refractivity contribution in [2.75, 3.05) is 12.4 Å². The van der Waals surface area contributed by atoms with Crippen molar-refractivity contribution in [1.29, 1.82) is 0 Å². The number of carbonyl (C=O) groups excluding carboxylic acids is 2. The molecule has 2 amide bonds. The van der Waals surface area contributed by atoms with Gasteiger partial charge in [-0.3, -0.25) is 9.59 Å². The Labute approximate surface area is 218 Å². The number of hydrogen-bond acceptors (Lipinski definition) is 6. The minimum Gasteiger partial charge on any atom is -0.497 e. The molecule has 0 spiro atoms. The van der Waals surface area contributed by atoms with E-state index in [1.54, 1.807) is 31.4 Å². The van der Waals surface area contributed by atoms with Crippen molar-refractivity contribution in [3.63, 3.8) is 0 Å². The Kier molecular flexibility index (Phi) is 7.06. The minimum absolute atomic E-state index is 0.0133. The molecule has 0 aliphatic carbocycles. The number of thioether (sulfide) groups is 1. The number of nitrogens with zero attached hydrogens (tertiary/aromatic N) is 3. The van der Waals surface area contributed by atoms with Gasteiger partial charge in [-0.15, -0.1) is 0 Å². The van der Waals surface area contributed by atoms with E-state index in [2.05, 4.69) is 10.3 Å². The van der Waals surface area contributed by atoms with E-state index >= 15 is 0 Å². The van der Waals surface area contributed by atoms with E-state index in [1.165, 1.54) is 11.8 Å². The summed E-state index contributed by atoms with van der Waals surface area (Å²) < 4.78 is 5.27. The topological polar surface area (TPSA) is 83.4 Å². The van der Waals surface area contributed by atoms with Gasteiger partial charge in [0.15, 0.2) is 5.17 Å². The van der Waals surface area contributed by atoms with E-state index in [0.29, 0.717) is 22.3 Å². The summed E-state index contributed by atoms with van der Waals surface area (Å²) in [6.07, 6.45) is 0.641. The molecule has 0 radical (unpaired) electrons. The highest BCUT2D eigenvalue weighted by atomic mass is 35.5. The Bertz CT molecular complexity index is 1340. The number of amidine groups is 1. The van der Waals surface area contributed by atoms with Crippen LogP contribution in [0.4, 0.5) is 5.69 Å². The molecular weight excluding hydrogens is 496 g/mol. The molecule has 3 aromatic carbocycles. The van der Waals surface area contributed by atoms with Gasteiger partial charge in [0.1, 0.15) is 11.0 Å². The van der Waals surface area contributed by atoms with Crippen molar-refractivity contribution in [1.82, 2.24) is 5.01 Å². The molecule has 5 rings (SSSR count). The lowest BCUT2D eigenvalue weighted by molar-refractivity contribution is -0.121. The Hall–Kier alpha value is -3.62. The van der Waals surface area contributed by atoms with Gasteiger partial charge >= 0.3 is 0 Å². The molecule has 0 bridgehead atoms. The lowest BCUT2D eigenvalue weighted by atomic mass is 9.98. The van der Waals surface area contributed by atoms with Gasteiger partial charge in [-0.25, -0.2) is 5.01 Å². The highest BCUT2D eigenvalue weighted by Gasteiger charge is 2.39. The van der Waals surface area contributed by atoms with Crippen LogP contribution in [0.25, 0.3) is 0 Å². The monoisotopic (exact) mass is 518 g/mol. The fraction of sp³-hybridized carbons (Fsp3) is 0.185. The predicted octanol–water partition coefficient (Wildman–Crippen LogP) is 5.53. The summed E-state index contributed by atoms with van der Waals surface area (Å²) in [4.78, 5) is 29.7. The molecule has 2 aliphatic heterocycles. The molecule has 7 nitrogen and oxygen atoms in total. The number of ether oxygens (including phenoxy) is 1. The van der Waals surface area contributed by atoms with Crippen molar-refractivity contribution in [3.05, 3.63) is 95.0 Å². The molecule has 3 aromatic rings. The zero-order valence-corrected chi connectivity index (χ0v) is 21.0. The molecule has 0 fully saturated rings. The molecule has 2 heterocycles. The summed E-state index contributed by atoms with van der Waals surface area (Å²) in [5.74, 6) is 0.131. The lowest BCUT2D eigenvalue weighted by Gasteiger charge is -2.23. The van der Waals surface area contributed by atoms with Crippen LogP contribution in [-0.2, 0) is 9.59 Å². The van der Waals surface area contributed by atoms with Gasteiger partial charge in [0.2, 0.25) is 5.91 Å². The van der Waals surface area contributed by atoms with Crippen molar-refractivity contribution < 1.29 is 14.3 Å². The number of hydrazone groups is 1. The quantitative estimate of drug-likeness (QED) is 0.464. The van der Waals surface area contributed by atoms with Crippen molar-refractivity contribution in [2.45, 2.75) is 24.1 Å². The highest BCUT2D eigenvalue weighted by Crippen LogP contribution is 2.38. The van der Waals surface area contributed by atoms with Crippen molar-refractivity contribution in [3.8, 4) is 5.75 Å². The molecule has 9 heteroatoms. The molecule has 0 saturated carbocycles. The zero-order valence-electron chi connectivity index (χ0n) is 19.4. The first-order valence-corrected chi connectivity index (χ1v) is 12.7. The van der Waals surface area contributed by atoms with E-state index < -0.39 is 5.25 Å². The molecule has 1 N–H and O–H groups in total. The van der Waals surface area contributed by atoms with Gasteiger partial charge in [0.05, 0.1) is 29.6 Å². The lowest BCUT2D eigenvalue weighted by Crippen LogP contribution is -2.25. The number of methoxy groups -OCH3 is 1. The number of aliphatic imine (C=N–C) groups is 1. The van der Waals surface area contributed by atoms with Crippen LogP contribution in [0.1, 0.15) is 30.0 Å². The number of nitrogens with one attached hydrogen (secondary N) is 1. The average molecular weight is 519 g/mol. The number of halogens is 1. The fourth-order valence-electron chi connectivity index (χ4n) is 4.12. The smallest absolute Gasteiger partial charge is 0.262 e. The number of rotatable bonds is 6. The van der Waals surface area contributed by atoms with E-state index in [-0.39, 0.29) is 24.3 Å². The van der Waals surface area contributed by atoms with Crippen LogP contribution in [0.15, 0.2) is 89.0 Å². The van der Waals surface area contributed by atoms with Gasteiger partial charge in [-0.1, -0.05) is 65.8 Å². The van der Waals surface area contributed by atoms with E-state index in [1.807, 2.05) is 59.6 Å². The van der Waals surface area contributed by atoms with Gasteiger partial charge < -0.3 is 10.1 Å². The van der Waals surface area contributed by atoms with Crippen molar-refractivity contribution >= 4 is 51.7 Å². The maximum atomic E-state index is 12.8. The third-order valence-corrected chi connectivity index (χ3v) is 7.43. The third-order valence-electron chi connectivity index (χ3n) is 5.96. The maximum absolute atomic E-state index is 12.8. The number of carbonyl (C=O) groups is 2. The highest BCUT2D eigenvalue weighted by molar-refractivity contribution is 8.15. The number of benzene rings is 3. The Morgan fingerprint density at radius 2 is 1.81 bits per heavy atom. The summed E-state index contributed by atoms with van der Waals surface area (Å²) in [5.41, 5.74) is 3.45. The molecular formula is C27H23ClN4O3S. The summed E-state index contributed by atoms with van der Waals surface area (Å²) in [5, 5.41) is 9.76. The normalized spacial score (nSPS) is 19.2. The fourth-order valence-corrected chi connectivity index (χ4v) is 5.36. The Balaban J connectivity index is 1.35. The second kappa shape index (κ2) is 10.6. The Morgan fingerprint density at radius 3 is 2.53 bits per heavy atom. The summed E-state index contributed by atoms with van der Waals surface area (Å²) in [6.45, 7) is 0. The van der Waals surface area contributed by atoms with Crippen LogP contribution in [0.3, 0.4) is 0 Å². The van der Waals surface area contributed by atoms with Crippen LogP contribution in [0.2, 0.25) is 5.02 Å². The second-order valence-corrected chi connectivity index (χ2v) is 9.90. The molecule has 36 heavy (non-hydrogen) atoms. The zero-order chi connectivity index (χ0) is 25.1. The van der Waals surface area contributed by atoms with Crippen LogP contribution in [0.5, 0.6) is 5.75 Å². The molecule has 0 saturated heterocycles. The molecule has 0 aromatic heterocycles. The molecule has 182 valence electrons. The summed E-state index contributed by atoms with van der Waals surface area (Å²) in [7, 11) is 1.63. The summed E-state index contributed by atoms with van der Waals surface area (Å²) in [6, 6.07) is 24.6. The first-order chi connectivity index (χ1) is 17.5. The number of amides is 2. The average Bonchev–Trinajstić information content (AvgIpc) is 3.50. The first-order valence-electron chi connectivity index (χ1n) is 11.4. The number of anilines is 1. The van der Waals surface area contributed by atoms with E-state index in [9.17, 15) is 9.59 Å². The number of hydrogen-bond donors (Lipinski definition) is 1. The van der Waals surface area contributed by atoms with E-state index in [0.717, 1.165) is 22.6 Å². The molecule has 2 aliphatic rings. The third kappa shape index (κ3) is 5.15. The largest absolute Gasteiger partial charge is 0.497 e. The maximum Gasteiger partial charge on any atom is 0.262 e. The van der Waals surface area contributed by atoms with E-state index in [4.69, 9.17) is 21.4 Å². The van der Waals surface area contributed by atoms with Crippen LogP contribution in [-0.4, -0.2) is 40.1 Å². The number of para-hydroxylation sites is 1. The predicted molar refractivity (Wildman–Crippen MR) is 144 cm³/mol. The second-order valence-electron chi connectivity index (χ2n) is 8.32. The SMILES string of the molecule is COc1ccc(C2=NN(C3=NC(=O)[C@@H](CC(=O)Nc4ccccc4Cl)S3)[C@H](c3ccccc3)C2)cc1. The summed E-state index contributed by atoms with van der Waals surface area (Å²) >= 11 is 7.41. The standard InChI is InChI=1S/C27H23ClN4O3S/c1-35-19-13-11-17(12-14-19)22-15-23(18-7-3-2-4-8-18)32(31-22)27-30-26(34)24(36-27)16-25(33)29-21-10-6-5-9-20(21)28/h2-14,23-24H,15-16H2,1H3,(H,29,33)/t23-,24+/m0/s1. The van der Waals surface area contributed by atoms with Gasteiger partial charge in [0, 0.05) is 12.8 Å². The van der Waals surface area contributed by atoms with Gasteiger partial charge in [-0.2, -0.15) is 10.1 Å². The van der Waals surface area contributed by atoms with Gasteiger partial charge in [0.25, 0.3) is 5.91 Å². The van der Waals surface area contributed by atoms with Crippen LogP contribution < -0.4 is 10.1 Å². The van der Waals surface area contributed by atoms with Gasteiger partial charge in [-0.05, 0) is 47.5 Å². The Morgan fingerprint density at radius 1 is 1.08 bits per heavy atom. The molecule has 2 atom stereocenters. The minimum atomic E-state index is -0.626. The van der Waals surface area contributed by atoms with Crippen LogP contribution in [0, 0.1) is 0 Å².